The van der Waals surface area contributed by atoms with E-state index in [0.717, 1.165) is 16.8 Å². The minimum atomic E-state index is -2.24. The van der Waals surface area contributed by atoms with Crippen LogP contribution >= 0.6 is 0 Å². The van der Waals surface area contributed by atoms with Gasteiger partial charge in [-0.2, -0.15) is 0 Å². The van der Waals surface area contributed by atoms with E-state index in [1.165, 1.54) is 4.31 Å². The molecule has 0 fully saturated rings. The van der Waals surface area contributed by atoms with Gasteiger partial charge in [0.25, 0.3) is 0 Å². The van der Waals surface area contributed by atoms with Gasteiger partial charge in [-0.25, -0.2) is 0 Å². The molecular formula is C12H10N3O2ReS-. The number of pyridine rings is 2. The zero-order chi connectivity index (χ0) is 12.5. The van der Waals surface area contributed by atoms with Crippen LogP contribution in [0.1, 0.15) is 5.56 Å². The second-order valence-electron chi connectivity index (χ2n) is 3.97. The van der Waals surface area contributed by atoms with Gasteiger partial charge in [0.15, 0.2) is 0 Å². The first-order chi connectivity index (χ1) is 8.77. The monoisotopic (exact) mass is 447 g/mol. The van der Waals surface area contributed by atoms with Crippen molar-refractivity contribution in [3.05, 3.63) is 42.4 Å². The first-order valence-corrected chi connectivity index (χ1v) is 6.56. The van der Waals surface area contributed by atoms with Gasteiger partial charge in [-0.15, -0.1) is 0 Å². The molecule has 0 amide bonds. The van der Waals surface area contributed by atoms with Gasteiger partial charge >= 0.3 is 0 Å². The quantitative estimate of drug-likeness (QED) is 0.660. The smallest absolute Gasteiger partial charge is 0.0720 e. The Balaban J connectivity index is 0.00000133. The fourth-order valence-corrected chi connectivity index (χ4v) is 2.74. The van der Waals surface area contributed by atoms with Crippen molar-refractivity contribution in [1.29, 1.82) is 0 Å². The molecule has 0 aromatic carbocycles. The van der Waals surface area contributed by atoms with Crippen LogP contribution < -0.4 is 4.31 Å². The zero-order valence-electron chi connectivity index (χ0n) is 9.82. The summed E-state index contributed by atoms with van der Waals surface area (Å²) in [6.07, 6.45) is 5.73. The Morgan fingerprint density at radius 1 is 1.21 bits per heavy atom. The van der Waals surface area contributed by atoms with E-state index < -0.39 is 10.9 Å². The summed E-state index contributed by atoms with van der Waals surface area (Å²) in [5.41, 5.74) is 3.38. The topological polar surface area (TPSA) is 63.2 Å². The van der Waals surface area contributed by atoms with Gasteiger partial charge in [0.1, 0.15) is 0 Å². The molecule has 3 rings (SSSR count). The van der Waals surface area contributed by atoms with E-state index in [2.05, 4.69) is 9.97 Å². The molecule has 99 valence electrons. The predicted octanol–water partition coefficient (Wildman–Crippen LogP) is 1.73. The second kappa shape index (κ2) is 5.78. The molecule has 0 atom stereocenters. The number of hydrogen-bond acceptors (Lipinski definition) is 5. The number of aromatic nitrogens is 2. The molecule has 1 aliphatic rings. The van der Waals surface area contributed by atoms with Crippen LogP contribution in [-0.4, -0.2) is 16.5 Å². The van der Waals surface area contributed by atoms with E-state index in [4.69, 9.17) is 0 Å². The molecule has 1 radical (unpaired) electrons. The van der Waals surface area contributed by atoms with Crippen molar-refractivity contribution >= 4 is 16.6 Å². The Bertz CT molecular complexity index is 653. The molecule has 0 N–H and O–H groups in total. The number of fused-ring (bicyclic) bond motifs is 1. The Morgan fingerprint density at radius 3 is 2.74 bits per heavy atom. The molecule has 2 aromatic rings. The maximum Gasteiger partial charge on any atom is 0.0720 e. The summed E-state index contributed by atoms with van der Waals surface area (Å²) >= 11 is 0. The SMILES string of the molecule is O=[S-](=O)N1CCc2c(-c3ccccn3)cncc21.[Re]. The van der Waals surface area contributed by atoms with E-state index in [0.29, 0.717) is 18.7 Å². The fourth-order valence-electron chi connectivity index (χ4n) is 2.19. The van der Waals surface area contributed by atoms with Crippen LogP contribution in [0.4, 0.5) is 5.69 Å². The van der Waals surface area contributed by atoms with Crippen molar-refractivity contribution in [2.45, 2.75) is 6.42 Å². The molecule has 0 saturated carbocycles. The number of hydrogen-bond donors (Lipinski definition) is 0. The summed E-state index contributed by atoms with van der Waals surface area (Å²) in [5.74, 6) is 0. The van der Waals surface area contributed by atoms with Gasteiger partial charge in [-0.3, -0.25) is 9.97 Å². The Labute approximate surface area is 126 Å². The van der Waals surface area contributed by atoms with Crippen molar-refractivity contribution in [2.24, 2.45) is 0 Å². The summed E-state index contributed by atoms with van der Waals surface area (Å²) in [6.45, 7) is 0.469. The molecule has 0 bridgehead atoms. The van der Waals surface area contributed by atoms with Crippen LogP contribution in [0.2, 0.25) is 0 Å². The van der Waals surface area contributed by atoms with E-state index in [1.54, 1.807) is 18.6 Å². The van der Waals surface area contributed by atoms with Gasteiger partial charge < -0.3 is 12.7 Å². The molecule has 7 heteroatoms. The van der Waals surface area contributed by atoms with Crippen LogP contribution in [-0.2, 0) is 46.2 Å². The van der Waals surface area contributed by atoms with Crippen LogP contribution in [0.25, 0.3) is 11.3 Å². The van der Waals surface area contributed by atoms with Gasteiger partial charge in [0.05, 0.1) is 5.69 Å². The Morgan fingerprint density at radius 2 is 2.05 bits per heavy atom. The normalized spacial score (nSPS) is 13.2. The average molecular weight is 447 g/mol. The summed E-state index contributed by atoms with van der Waals surface area (Å²) in [4.78, 5) is 8.39. The summed E-state index contributed by atoms with van der Waals surface area (Å²) in [5, 5.41) is 0. The van der Waals surface area contributed by atoms with Crippen molar-refractivity contribution < 1.29 is 28.8 Å². The minimum absolute atomic E-state index is 0. The van der Waals surface area contributed by atoms with Crippen LogP contribution in [0.5, 0.6) is 0 Å². The van der Waals surface area contributed by atoms with E-state index in [1.807, 2.05) is 18.2 Å². The molecule has 2 aromatic heterocycles. The molecule has 19 heavy (non-hydrogen) atoms. The Hall–Kier alpha value is -1.29. The zero-order valence-corrected chi connectivity index (χ0v) is 13.4. The number of anilines is 1. The van der Waals surface area contributed by atoms with E-state index in [-0.39, 0.29) is 20.4 Å². The van der Waals surface area contributed by atoms with Gasteiger partial charge in [0, 0.05) is 67.7 Å². The third-order valence-electron chi connectivity index (χ3n) is 2.99. The first kappa shape index (κ1) is 14.1. The number of rotatable bonds is 2. The van der Waals surface area contributed by atoms with Crippen molar-refractivity contribution in [2.75, 3.05) is 10.8 Å². The maximum absolute atomic E-state index is 11.1. The molecule has 0 spiro atoms. The molecule has 0 aliphatic carbocycles. The van der Waals surface area contributed by atoms with Gasteiger partial charge in [-0.05, 0) is 24.1 Å². The molecule has 3 heterocycles. The van der Waals surface area contributed by atoms with E-state index in [9.17, 15) is 8.42 Å². The summed E-state index contributed by atoms with van der Waals surface area (Å²) in [7, 11) is -2.24. The largest absolute Gasteiger partial charge is 0.405 e. The van der Waals surface area contributed by atoms with Gasteiger partial charge in [0.2, 0.25) is 0 Å². The third kappa shape index (κ3) is 2.54. The van der Waals surface area contributed by atoms with Crippen molar-refractivity contribution in [3.63, 3.8) is 0 Å². The third-order valence-corrected chi connectivity index (χ3v) is 3.73. The molecular weight excluding hydrogens is 436 g/mol. The number of nitrogens with zero attached hydrogens (tertiary/aromatic N) is 3. The fraction of sp³-hybridized carbons (Fsp3) is 0.167. The molecule has 5 nitrogen and oxygen atoms in total. The minimum Gasteiger partial charge on any atom is -0.405 e. The van der Waals surface area contributed by atoms with E-state index >= 15 is 0 Å². The van der Waals surface area contributed by atoms with Crippen molar-refractivity contribution in [1.82, 2.24) is 9.97 Å². The van der Waals surface area contributed by atoms with Gasteiger partial charge in [-0.1, -0.05) is 6.07 Å². The second-order valence-corrected chi connectivity index (χ2v) is 4.84. The first-order valence-electron chi connectivity index (χ1n) is 5.52. The molecule has 1 aliphatic heterocycles. The van der Waals surface area contributed by atoms with Crippen LogP contribution in [0, 0.1) is 0 Å². The summed E-state index contributed by atoms with van der Waals surface area (Å²) < 4.78 is 23.5. The van der Waals surface area contributed by atoms with Crippen molar-refractivity contribution in [3.8, 4) is 11.3 Å². The van der Waals surface area contributed by atoms with Crippen LogP contribution in [0.3, 0.4) is 0 Å². The standard InChI is InChI=1S/C12H10N3O2S.Re/c16-18(17)15-6-4-9-10(7-13-8-12(9)15)11-3-1-2-5-14-11;/h1-3,5,7-8H,4,6H2;/q-1;. The maximum atomic E-state index is 11.1. The summed E-state index contributed by atoms with van der Waals surface area (Å²) in [6, 6.07) is 5.65. The van der Waals surface area contributed by atoms with Crippen LogP contribution in [0.15, 0.2) is 36.8 Å². The predicted molar refractivity (Wildman–Crippen MR) is 67.3 cm³/mol. The average Bonchev–Trinajstić information content (AvgIpc) is 2.83. The molecule has 0 saturated heterocycles. The molecule has 0 unspecified atom stereocenters. The Kier molecular flexibility index (Phi) is 4.30.